The number of carbonyl (C=O) groups excluding carboxylic acids is 3. The van der Waals surface area contributed by atoms with E-state index in [0.717, 1.165) is 17.1 Å². The van der Waals surface area contributed by atoms with Gasteiger partial charge in [-0.25, -0.2) is 9.69 Å². The van der Waals surface area contributed by atoms with Crippen LogP contribution in [0, 0.1) is 0 Å². The molecule has 4 rings (SSSR count). The van der Waals surface area contributed by atoms with Crippen LogP contribution in [0.2, 0.25) is 5.02 Å². The fourth-order valence-corrected chi connectivity index (χ4v) is 4.24. The van der Waals surface area contributed by atoms with E-state index in [2.05, 4.69) is 31.3 Å². The molecule has 1 saturated heterocycles. The van der Waals surface area contributed by atoms with Crippen LogP contribution in [-0.4, -0.2) is 36.1 Å². The van der Waals surface area contributed by atoms with Gasteiger partial charge in [0.15, 0.2) is 0 Å². The Morgan fingerprint density at radius 2 is 1.84 bits per heavy atom. The van der Waals surface area contributed by atoms with Crippen LogP contribution in [-0.2, 0) is 16.1 Å². The zero-order valence-corrected chi connectivity index (χ0v) is 21.6. The van der Waals surface area contributed by atoms with Crippen molar-refractivity contribution < 1.29 is 23.9 Å². The fourth-order valence-electron chi connectivity index (χ4n) is 3.99. The van der Waals surface area contributed by atoms with Gasteiger partial charge in [-0.1, -0.05) is 37.6 Å². The molecule has 0 saturated carbocycles. The number of amides is 4. The number of aromatic nitrogens is 1. The molecule has 1 N–H and O–H groups in total. The molecule has 4 amide bonds. The van der Waals surface area contributed by atoms with Gasteiger partial charge in [0.2, 0.25) is 0 Å². The van der Waals surface area contributed by atoms with Gasteiger partial charge in [-0.05, 0) is 66.4 Å². The second-order valence-corrected chi connectivity index (χ2v) is 9.04. The molecule has 2 heterocycles. The summed E-state index contributed by atoms with van der Waals surface area (Å²) in [6, 6.07) is 15.3. The highest BCUT2D eigenvalue weighted by Gasteiger charge is 2.37. The smallest absolute Gasteiger partial charge is 0.335 e. The summed E-state index contributed by atoms with van der Waals surface area (Å²) >= 11 is 6.17. The van der Waals surface area contributed by atoms with Crippen LogP contribution in [0.25, 0.3) is 6.08 Å². The number of barbiturate groups is 1. The van der Waals surface area contributed by atoms with Crippen LogP contribution < -0.4 is 19.7 Å². The summed E-state index contributed by atoms with van der Waals surface area (Å²) in [5.41, 5.74) is 1.94. The fraction of sp³-hybridized carbons (Fsp3) is 0.250. The Hall–Kier alpha value is -4.04. The number of hydrogen-bond acceptors (Lipinski definition) is 5. The Morgan fingerprint density at radius 1 is 1.08 bits per heavy atom. The minimum atomic E-state index is -0.850. The van der Waals surface area contributed by atoms with E-state index >= 15 is 0 Å². The van der Waals surface area contributed by atoms with Gasteiger partial charge in [-0.2, -0.15) is 0 Å². The van der Waals surface area contributed by atoms with Crippen LogP contribution in [0.15, 0.2) is 66.4 Å². The maximum absolute atomic E-state index is 13.2. The van der Waals surface area contributed by atoms with Gasteiger partial charge in [-0.15, -0.1) is 0 Å². The quantitative estimate of drug-likeness (QED) is 0.300. The Kier molecular flexibility index (Phi) is 7.98. The lowest BCUT2D eigenvalue weighted by molar-refractivity contribution is -0.122. The van der Waals surface area contributed by atoms with Crippen LogP contribution in [0.3, 0.4) is 0 Å². The van der Waals surface area contributed by atoms with Crippen molar-refractivity contribution in [3.05, 3.63) is 82.6 Å². The summed E-state index contributed by atoms with van der Waals surface area (Å²) in [5, 5.41) is 2.45. The predicted octanol–water partition coefficient (Wildman–Crippen LogP) is 5.41. The molecular weight excluding hydrogens is 494 g/mol. The van der Waals surface area contributed by atoms with E-state index in [4.69, 9.17) is 21.1 Å². The van der Waals surface area contributed by atoms with E-state index in [0.29, 0.717) is 30.5 Å². The number of anilines is 1. The van der Waals surface area contributed by atoms with E-state index in [1.54, 1.807) is 12.1 Å². The highest BCUT2D eigenvalue weighted by molar-refractivity contribution is 6.39. The number of carbonyl (C=O) groups is 3. The first kappa shape index (κ1) is 26.0. The summed E-state index contributed by atoms with van der Waals surface area (Å²) in [7, 11) is 1.46. The van der Waals surface area contributed by atoms with Gasteiger partial charge < -0.3 is 14.0 Å². The molecule has 0 bridgehead atoms. The van der Waals surface area contributed by atoms with Gasteiger partial charge >= 0.3 is 6.03 Å². The number of ether oxygens (including phenoxy) is 2. The summed E-state index contributed by atoms with van der Waals surface area (Å²) in [6.45, 7) is 5.23. The number of hydrogen-bond donors (Lipinski definition) is 1. The maximum atomic E-state index is 13.2. The normalized spacial score (nSPS) is 15.6. The Bertz CT molecular complexity index is 1350. The molecule has 9 heteroatoms. The van der Waals surface area contributed by atoms with Crippen molar-refractivity contribution in [1.29, 1.82) is 0 Å². The monoisotopic (exact) mass is 521 g/mol. The third-order valence-electron chi connectivity index (χ3n) is 6.31. The SMILES string of the molecule is CC[C@H](C)c1ccc(OCCn2cccc2/C=C2/C(=O)NC(=O)N(c3ccc(OC)c(Cl)c3)C2=O)cc1. The predicted molar refractivity (Wildman–Crippen MR) is 142 cm³/mol. The summed E-state index contributed by atoms with van der Waals surface area (Å²) in [5.74, 6) is 0.149. The van der Waals surface area contributed by atoms with Crippen molar-refractivity contribution in [3.8, 4) is 11.5 Å². The third kappa shape index (κ3) is 5.70. The molecule has 0 radical (unpaired) electrons. The second kappa shape index (κ2) is 11.3. The van der Waals surface area contributed by atoms with Crippen molar-refractivity contribution in [2.24, 2.45) is 0 Å². The van der Waals surface area contributed by atoms with Crippen molar-refractivity contribution in [1.82, 2.24) is 9.88 Å². The molecule has 3 aromatic rings. The van der Waals surface area contributed by atoms with Crippen molar-refractivity contribution in [2.45, 2.75) is 32.7 Å². The Labute approximate surface area is 220 Å². The second-order valence-electron chi connectivity index (χ2n) is 8.63. The molecular formula is C28H28ClN3O5. The minimum Gasteiger partial charge on any atom is -0.495 e. The largest absolute Gasteiger partial charge is 0.495 e. The van der Waals surface area contributed by atoms with Crippen LogP contribution in [0.4, 0.5) is 10.5 Å². The Balaban J connectivity index is 1.48. The topological polar surface area (TPSA) is 89.9 Å². The van der Waals surface area contributed by atoms with E-state index in [-0.39, 0.29) is 16.3 Å². The van der Waals surface area contributed by atoms with Gasteiger partial charge in [-0.3, -0.25) is 14.9 Å². The molecule has 1 aliphatic heterocycles. The van der Waals surface area contributed by atoms with Gasteiger partial charge in [0.05, 0.1) is 24.4 Å². The molecule has 1 aromatic heterocycles. The number of urea groups is 1. The number of imide groups is 2. The zero-order valence-electron chi connectivity index (χ0n) is 20.9. The first-order chi connectivity index (χ1) is 17.8. The van der Waals surface area contributed by atoms with E-state index < -0.39 is 17.8 Å². The number of rotatable bonds is 9. The van der Waals surface area contributed by atoms with Gasteiger partial charge in [0, 0.05) is 11.9 Å². The number of nitrogens with zero attached hydrogens (tertiary/aromatic N) is 2. The number of halogens is 1. The first-order valence-corrected chi connectivity index (χ1v) is 12.3. The van der Waals surface area contributed by atoms with Gasteiger partial charge in [0.1, 0.15) is 23.7 Å². The first-order valence-electron chi connectivity index (χ1n) is 11.9. The van der Waals surface area contributed by atoms with E-state index in [1.807, 2.05) is 29.0 Å². The summed E-state index contributed by atoms with van der Waals surface area (Å²) in [6.07, 6.45) is 4.37. The highest BCUT2D eigenvalue weighted by Crippen LogP contribution is 2.31. The lowest BCUT2D eigenvalue weighted by atomic mass is 9.99. The zero-order chi connectivity index (χ0) is 26.5. The molecule has 1 fully saturated rings. The van der Waals surface area contributed by atoms with Crippen molar-refractivity contribution >= 4 is 41.2 Å². The maximum Gasteiger partial charge on any atom is 0.335 e. The van der Waals surface area contributed by atoms with Gasteiger partial charge in [0.25, 0.3) is 11.8 Å². The van der Waals surface area contributed by atoms with E-state index in [9.17, 15) is 14.4 Å². The molecule has 2 aromatic carbocycles. The molecule has 0 unspecified atom stereocenters. The molecule has 37 heavy (non-hydrogen) atoms. The summed E-state index contributed by atoms with van der Waals surface area (Å²) in [4.78, 5) is 39.1. The molecule has 0 aliphatic carbocycles. The third-order valence-corrected chi connectivity index (χ3v) is 6.61. The average molecular weight is 522 g/mol. The molecule has 192 valence electrons. The van der Waals surface area contributed by atoms with Crippen LogP contribution >= 0.6 is 11.6 Å². The minimum absolute atomic E-state index is 0.173. The molecule has 1 atom stereocenters. The number of methoxy groups -OCH3 is 1. The number of benzene rings is 2. The standard InChI is InChI=1S/C28H28ClN3O5/c1-4-18(2)19-7-10-22(11-8-19)37-15-14-31-13-5-6-20(31)16-23-26(33)30-28(35)32(27(23)34)21-9-12-25(36-3)24(29)17-21/h5-13,16-18H,4,14-15H2,1-3H3,(H,30,33,35)/b23-16-/t18-/m0/s1. The summed E-state index contributed by atoms with van der Waals surface area (Å²) < 4.78 is 12.9. The van der Waals surface area contributed by atoms with Crippen LogP contribution in [0.1, 0.15) is 37.4 Å². The van der Waals surface area contributed by atoms with Crippen molar-refractivity contribution in [3.63, 3.8) is 0 Å². The molecule has 1 aliphatic rings. The van der Waals surface area contributed by atoms with Crippen molar-refractivity contribution in [2.75, 3.05) is 18.6 Å². The lowest BCUT2D eigenvalue weighted by Gasteiger charge is -2.26. The number of nitrogens with one attached hydrogen (secondary N) is 1. The lowest BCUT2D eigenvalue weighted by Crippen LogP contribution is -2.54. The molecule has 0 spiro atoms. The average Bonchev–Trinajstić information content (AvgIpc) is 3.33. The van der Waals surface area contributed by atoms with Crippen LogP contribution in [0.5, 0.6) is 11.5 Å². The van der Waals surface area contributed by atoms with E-state index in [1.165, 1.54) is 30.9 Å². The highest BCUT2D eigenvalue weighted by atomic mass is 35.5. The molecule has 8 nitrogen and oxygen atoms in total. The Morgan fingerprint density at radius 3 is 2.51 bits per heavy atom.